The molecule has 0 spiro atoms. The van der Waals surface area contributed by atoms with Crippen molar-refractivity contribution in [3.8, 4) is 0 Å². The van der Waals surface area contributed by atoms with Crippen molar-refractivity contribution in [3.05, 3.63) is 12.2 Å². The van der Waals surface area contributed by atoms with Gasteiger partial charge in [-0.15, -0.1) is 11.6 Å². The highest BCUT2D eigenvalue weighted by molar-refractivity contribution is 6.17. The summed E-state index contributed by atoms with van der Waals surface area (Å²) >= 11 is 5.36. The van der Waals surface area contributed by atoms with Crippen molar-refractivity contribution in [3.63, 3.8) is 0 Å². The van der Waals surface area contributed by atoms with Crippen LogP contribution in [0.4, 0.5) is 0 Å². The van der Waals surface area contributed by atoms with Crippen molar-refractivity contribution in [1.29, 1.82) is 0 Å². The van der Waals surface area contributed by atoms with Gasteiger partial charge in [0.05, 0.1) is 6.61 Å². The van der Waals surface area contributed by atoms with E-state index in [0.29, 0.717) is 17.9 Å². The second-order valence-electron chi connectivity index (χ2n) is 2.72. The molecule has 1 unspecified atom stereocenters. The van der Waals surface area contributed by atoms with Crippen LogP contribution in [0.2, 0.25) is 0 Å². The average Bonchev–Trinajstić information content (AvgIpc) is 2.12. The first-order valence-corrected chi connectivity index (χ1v) is 4.79. The Morgan fingerprint density at radius 3 is 2.71 bits per heavy atom. The second-order valence-corrected chi connectivity index (χ2v) is 3.10. The molecule has 0 aliphatic heterocycles. The lowest BCUT2D eigenvalue weighted by Crippen LogP contribution is -2.17. The van der Waals surface area contributed by atoms with Crippen LogP contribution in [0, 0.1) is 0 Å². The molecule has 0 saturated heterocycles. The number of aliphatic hydroxyl groups is 1. The normalized spacial score (nSPS) is 12.2. The number of hydrogen-bond acceptors (Lipinski definition) is 4. The number of carbonyl (C=O) groups is 1. The van der Waals surface area contributed by atoms with Crippen LogP contribution in [0.3, 0.4) is 0 Å². The summed E-state index contributed by atoms with van der Waals surface area (Å²) in [6.45, 7) is 5.23. The summed E-state index contributed by atoms with van der Waals surface area (Å²) < 4.78 is 9.60. The van der Waals surface area contributed by atoms with E-state index < -0.39 is 12.3 Å². The van der Waals surface area contributed by atoms with E-state index >= 15 is 0 Å². The Balaban J connectivity index is 3.37. The quantitative estimate of drug-likeness (QED) is 0.230. The Morgan fingerprint density at radius 1 is 1.57 bits per heavy atom. The fourth-order valence-electron chi connectivity index (χ4n) is 0.618. The molecule has 4 nitrogen and oxygen atoms in total. The maximum Gasteiger partial charge on any atom is 0.333 e. The summed E-state index contributed by atoms with van der Waals surface area (Å²) in [5.74, 6) is -0.132. The first-order chi connectivity index (χ1) is 6.57. The molecular weight excluding hydrogens is 208 g/mol. The second kappa shape index (κ2) is 7.79. The van der Waals surface area contributed by atoms with Crippen molar-refractivity contribution in [2.75, 3.05) is 19.1 Å². The minimum Gasteiger partial charge on any atom is -0.460 e. The molecule has 0 rings (SSSR count). The van der Waals surface area contributed by atoms with Gasteiger partial charge >= 0.3 is 5.97 Å². The summed E-state index contributed by atoms with van der Waals surface area (Å²) in [6, 6.07) is 0. The zero-order valence-electron chi connectivity index (χ0n) is 8.16. The predicted molar refractivity (Wildman–Crippen MR) is 53.1 cm³/mol. The van der Waals surface area contributed by atoms with Crippen molar-refractivity contribution in [1.82, 2.24) is 0 Å². The van der Waals surface area contributed by atoms with Gasteiger partial charge in [0.25, 0.3) is 0 Å². The highest BCUT2D eigenvalue weighted by Gasteiger charge is 2.05. The van der Waals surface area contributed by atoms with E-state index in [1.807, 2.05) is 0 Å². The van der Waals surface area contributed by atoms with Crippen LogP contribution < -0.4 is 0 Å². The minimum absolute atomic E-state index is 0.102. The van der Waals surface area contributed by atoms with Gasteiger partial charge in [0.1, 0.15) is 6.61 Å². The summed E-state index contributed by atoms with van der Waals surface area (Å²) in [6.07, 6.45) is -0.535. The van der Waals surface area contributed by atoms with Crippen molar-refractivity contribution >= 4 is 17.6 Å². The van der Waals surface area contributed by atoms with E-state index in [4.69, 9.17) is 26.2 Å². The molecular formula is C9H15ClO4. The predicted octanol–water partition coefficient (Wildman–Crippen LogP) is 1.07. The molecule has 0 amide bonds. The summed E-state index contributed by atoms with van der Waals surface area (Å²) in [5, 5.41) is 9.06. The molecule has 0 aromatic rings. The summed E-state index contributed by atoms with van der Waals surface area (Å²) in [4.78, 5) is 10.9. The van der Waals surface area contributed by atoms with Gasteiger partial charge in [-0.25, -0.2) is 4.79 Å². The summed E-state index contributed by atoms with van der Waals surface area (Å²) in [7, 11) is 0. The third-order valence-corrected chi connectivity index (χ3v) is 1.55. The molecule has 14 heavy (non-hydrogen) atoms. The van der Waals surface area contributed by atoms with Crippen LogP contribution in [-0.4, -0.2) is 36.5 Å². The molecule has 0 heterocycles. The van der Waals surface area contributed by atoms with Gasteiger partial charge in [-0.1, -0.05) is 6.58 Å². The Morgan fingerprint density at radius 2 is 2.21 bits per heavy atom. The van der Waals surface area contributed by atoms with Gasteiger partial charge in [0.2, 0.25) is 0 Å². The summed E-state index contributed by atoms with van der Waals surface area (Å²) in [5.41, 5.74) is 0.339. The fourth-order valence-corrected chi connectivity index (χ4v) is 0.805. The highest BCUT2D eigenvalue weighted by Crippen LogP contribution is 1.97. The van der Waals surface area contributed by atoms with E-state index in [0.717, 1.165) is 0 Å². The van der Waals surface area contributed by atoms with E-state index in [-0.39, 0.29) is 13.2 Å². The third-order valence-electron chi connectivity index (χ3n) is 1.33. The lowest BCUT2D eigenvalue weighted by Gasteiger charge is -2.10. The van der Waals surface area contributed by atoms with Crippen LogP contribution in [-0.2, 0) is 14.3 Å². The molecule has 0 saturated carbocycles. The maximum absolute atomic E-state index is 10.9. The van der Waals surface area contributed by atoms with Crippen LogP contribution >= 0.6 is 11.6 Å². The van der Waals surface area contributed by atoms with Gasteiger partial charge in [-0.05, 0) is 6.92 Å². The van der Waals surface area contributed by atoms with Crippen LogP contribution in [0.15, 0.2) is 12.2 Å². The zero-order chi connectivity index (χ0) is 11.0. The molecule has 0 aromatic heterocycles. The third kappa shape index (κ3) is 6.88. The van der Waals surface area contributed by atoms with Crippen molar-refractivity contribution < 1.29 is 19.4 Å². The first kappa shape index (κ1) is 13.4. The number of esters is 1. The van der Waals surface area contributed by atoms with Crippen LogP contribution in [0.1, 0.15) is 13.3 Å². The molecule has 0 aliphatic carbocycles. The molecule has 1 atom stereocenters. The van der Waals surface area contributed by atoms with E-state index in [9.17, 15) is 4.79 Å². The number of rotatable bonds is 7. The Hall–Kier alpha value is -0.580. The number of aliphatic hydroxyl groups excluding tert-OH is 1. The molecule has 0 fully saturated rings. The Kier molecular flexibility index (Phi) is 7.47. The monoisotopic (exact) mass is 222 g/mol. The lowest BCUT2D eigenvalue weighted by molar-refractivity contribution is -0.146. The molecule has 0 aromatic carbocycles. The van der Waals surface area contributed by atoms with Crippen molar-refractivity contribution in [2.45, 2.75) is 19.6 Å². The average molecular weight is 223 g/mol. The standard InChI is InChI=1S/C9H15ClO4/c1-7(2)9(12)14-6-5-13-8(11)3-4-10/h8,11H,1,3-6H2,2H3. The van der Waals surface area contributed by atoms with Gasteiger partial charge in [0, 0.05) is 17.9 Å². The van der Waals surface area contributed by atoms with E-state index in [2.05, 4.69) is 6.58 Å². The number of alkyl halides is 1. The number of carbonyl (C=O) groups excluding carboxylic acids is 1. The van der Waals surface area contributed by atoms with Crippen LogP contribution in [0.25, 0.3) is 0 Å². The smallest absolute Gasteiger partial charge is 0.333 e. The maximum atomic E-state index is 10.9. The molecule has 5 heteroatoms. The SMILES string of the molecule is C=C(C)C(=O)OCCOC(O)CCCl. The van der Waals surface area contributed by atoms with Crippen molar-refractivity contribution in [2.24, 2.45) is 0 Å². The highest BCUT2D eigenvalue weighted by atomic mass is 35.5. The fraction of sp³-hybridized carbons (Fsp3) is 0.667. The molecule has 0 aliphatic rings. The number of hydrogen-bond donors (Lipinski definition) is 1. The van der Waals surface area contributed by atoms with E-state index in [1.54, 1.807) is 6.92 Å². The molecule has 1 N–H and O–H groups in total. The Bertz CT molecular complexity index is 193. The largest absolute Gasteiger partial charge is 0.460 e. The van der Waals surface area contributed by atoms with Gasteiger partial charge < -0.3 is 14.6 Å². The number of ether oxygens (including phenoxy) is 2. The van der Waals surface area contributed by atoms with E-state index in [1.165, 1.54) is 0 Å². The Labute approximate surface area is 88.5 Å². The lowest BCUT2D eigenvalue weighted by atomic mass is 10.4. The van der Waals surface area contributed by atoms with Gasteiger partial charge in [0.15, 0.2) is 6.29 Å². The molecule has 82 valence electrons. The van der Waals surface area contributed by atoms with Gasteiger partial charge in [-0.2, -0.15) is 0 Å². The molecule has 0 radical (unpaired) electrons. The topological polar surface area (TPSA) is 55.8 Å². The first-order valence-electron chi connectivity index (χ1n) is 4.26. The molecule has 0 bridgehead atoms. The zero-order valence-corrected chi connectivity index (χ0v) is 8.92. The minimum atomic E-state index is -0.893. The van der Waals surface area contributed by atoms with Gasteiger partial charge in [-0.3, -0.25) is 0 Å². The van der Waals surface area contributed by atoms with Crippen LogP contribution in [0.5, 0.6) is 0 Å². The number of halogens is 1.